The van der Waals surface area contributed by atoms with Crippen LogP contribution >= 0.6 is 11.6 Å². The first kappa shape index (κ1) is 12.5. The number of hydrazine groups is 1. The Morgan fingerprint density at radius 2 is 2.12 bits per heavy atom. The molecular formula is C7H6ClF3N4O. The van der Waals surface area contributed by atoms with Crippen LogP contribution < -0.4 is 10.9 Å². The van der Waals surface area contributed by atoms with Crippen LogP contribution in [-0.2, 0) is 4.79 Å². The van der Waals surface area contributed by atoms with Gasteiger partial charge < -0.3 is 0 Å². The minimum Gasteiger partial charge on any atom is -0.279 e. The number of carbonyl (C=O) groups excluding carboxylic acids is 1. The Hall–Kier alpha value is -1.57. The number of amides is 1. The van der Waals surface area contributed by atoms with Crippen LogP contribution in [0.4, 0.5) is 19.0 Å². The van der Waals surface area contributed by atoms with Gasteiger partial charge >= 0.3 is 12.1 Å². The smallest absolute Gasteiger partial charge is 0.279 e. The fourth-order valence-corrected chi connectivity index (χ4v) is 0.948. The van der Waals surface area contributed by atoms with E-state index in [0.717, 1.165) is 0 Å². The molecule has 88 valence electrons. The summed E-state index contributed by atoms with van der Waals surface area (Å²) < 4.78 is 35.4. The molecule has 2 N–H and O–H groups in total. The Morgan fingerprint density at radius 1 is 1.50 bits per heavy atom. The summed E-state index contributed by atoms with van der Waals surface area (Å²) in [5.41, 5.74) is 3.82. The molecule has 0 saturated heterocycles. The van der Waals surface area contributed by atoms with Crippen LogP contribution in [-0.4, -0.2) is 22.1 Å². The van der Waals surface area contributed by atoms with E-state index >= 15 is 0 Å². The fourth-order valence-electron chi connectivity index (χ4n) is 0.719. The highest BCUT2D eigenvalue weighted by Gasteiger charge is 2.38. The van der Waals surface area contributed by atoms with Gasteiger partial charge in [0.1, 0.15) is 0 Å². The molecule has 0 unspecified atom stereocenters. The van der Waals surface area contributed by atoms with Crippen LogP contribution in [0.1, 0.15) is 5.69 Å². The van der Waals surface area contributed by atoms with Gasteiger partial charge in [-0.05, 0) is 6.92 Å². The molecule has 0 saturated carbocycles. The number of nitrogens with one attached hydrogen (secondary N) is 2. The highest BCUT2D eigenvalue weighted by molar-refractivity contribution is 6.31. The molecule has 1 heterocycles. The second kappa shape index (κ2) is 4.52. The van der Waals surface area contributed by atoms with Crippen molar-refractivity contribution >= 4 is 23.3 Å². The Bertz CT molecular complexity index is 409. The number of anilines is 1. The lowest BCUT2D eigenvalue weighted by Gasteiger charge is -2.10. The normalized spacial score (nSPS) is 11.1. The van der Waals surface area contributed by atoms with Crippen molar-refractivity contribution in [2.24, 2.45) is 0 Å². The number of alkyl halides is 3. The molecule has 9 heteroatoms. The summed E-state index contributed by atoms with van der Waals surface area (Å²) in [4.78, 5) is 17.8. The van der Waals surface area contributed by atoms with Gasteiger partial charge in [-0.25, -0.2) is 9.97 Å². The fraction of sp³-hybridized carbons (Fsp3) is 0.286. The van der Waals surface area contributed by atoms with Gasteiger partial charge in [0.25, 0.3) is 0 Å². The first-order chi connectivity index (χ1) is 7.30. The number of nitrogens with zero attached hydrogens (tertiary/aromatic N) is 2. The topological polar surface area (TPSA) is 66.9 Å². The van der Waals surface area contributed by atoms with E-state index in [1.54, 1.807) is 6.92 Å². The summed E-state index contributed by atoms with van der Waals surface area (Å²) in [6.07, 6.45) is -3.69. The Kier molecular flexibility index (Phi) is 3.53. The molecule has 0 radical (unpaired) electrons. The van der Waals surface area contributed by atoms with E-state index in [-0.39, 0.29) is 11.0 Å². The Labute approximate surface area is 93.0 Å². The van der Waals surface area contributed by atoms with E-state index in [1.165, 1.54) is 11.6 Å². The molecule has 0 spiro atoms. The summed E-state index contributed by atoms with van der Waals surface area (Å²) >= 11 is 5.56. The standard InChI is InChI=1S/C7H6ClF3N4O/c1-3-2-12-5(4(8)13-3)14-15-6(16)7(9,10)11/h2H,1H3,(H,12,14)(H,15,16). The number of aromatic nitrogens is 2. The maximum Gasteiger partial charge on any atom is 0.472 e. The number of rotatable bonds is 2. The molecular weight excluding hydrogens is 249 g/mol. The predicted octanol–water partition coefficient (Wildman–Crippen LogP) is 1.44. The lowest BCUT2D eigenvalue weighted by Crippen LogP contribution is -2.40. The third kappa shape index (κ3) is 3.23. The molecule has 0 aliphatic heterocycles. The molecule has 0 fully saturated rings. The largest absolute Gasteiger partial charge is 0.472 e. The summed E-state index contributed by atoms with van der Waals surface area (Å²) in [5.74, 6) is -2.31. The van der Waals surface area contributed by atoms with E-state index < -0.39 is 12.1 Å². The van der Waals surface area contributed by atoms with Crippen molar-refractivity contribution < 1.29 is 18.0 Å². The van der Waals surface area contributed by atoms with Gasteiger partial charge in [0.2, 0.25) is 0 Å². The van der Waals surface area contributed by atoms with Crippen LogP contribution in [0.25, 0.3) is 0 Å². The summed E-state index contributed by atoms with van der Waals surface area (Å²) in [5, 5.41) is -0.137. The van der Waals surface area contributed by atoms with Crippen LogP contribution in [0.5, 0.6) is 0 Å². The minimum atomic E-state index is -4.97. The average Bonchev–Trinajstić information content (AvgIpc) is 2.14. The zero-order chi connectivity index (χ0) is 12.3. The molecule has 0 aromatic carbocycles. The van der Waals surface area contributed by atoms with E-state index in [2.05, 4.69) is 9.97 Å². The van der Waals surface area contributed by atoms with Gasteiger partial charge in [-0.3, -0.25) is 15.6 Å². The Morgan fingerprint density at radius 3 is 2.62 bits per heavy atom. The van der Waals surface area contributed by atoms with Crippen molar-refractivity contribution in [2.75, 3.05) is 5.43 Å². The highest BCUT2D eigenvalue weighted by atomic mass is 35.5. The first-order valence-electron chi connectivity index (χ1n) is 3.93. The van der Waals surface area contributed by atoms with Crippen LogP contribution in [0.3, 0.4) is 0 Å². The second-order valence-corrected chi connectivity index (χ2v) is 3.09. The van der Waals surface area contributed by atoms with Crippen molar-refractivity contribution in [3.63, 3.8) is 0 Å². The van der Waals surface area contributed by atoms with E-state index in [1.807, 2.05) is 5.43 Å². The van der Waals surface area contributed by atoms with E-state index in [9.17, 15) is 18.0 Å². The third-order valence-electron chi connectivity index (χ3n) is 1.40. The van der Waals surface area contributed by atoms with Gasteiger partial charge in [0.15, 0.2) is 11.0 Å². The van der Waals surface area contributed by atoms with Crippen molar-refractivity contribution in [2.45, 2.75) is 13.1 Å². The lowest BCUT2D eigenvalue weighted by atomic mass is 10.5. The van der Waals surface area contributed by atoms with E-state index in [4.69, 9.17) is 11.6 Å². The van der Waals surface area contributed by atoms with Crippen molar-refractivity contribution in [3.8, 4) is 0 Å². The van der Waals surface area contributed by atoms with Gasteiger partial charge in [0.05, 0.1) is 11.9 Å². The number of aryl methyl sites for hydroxylation is 1. The highest BCUT2D eigenvalue weighted by Crippen LogP contribution is 2.17. The monoisotopic (exact) mass is 254 g/mol. The second-order valence-electron chi connectivity index (χ2n) is 2.73. The minimum absolute atomic E-state index is 0.137. The molecule has 16 heavy (non-hydrogen) atoms. The molecule has 0 bridgehead atoms. The first-order valence-corrected chi connectivity index (χ1v) is 4.31. The van der Waals surface area contributed by atoms with Gasteiger partial charge in [0, 0.05) is 0 Å². The number of hydrogen-bond donors (Lipinski definition) is 2. The number of hydrogen-bond acceptors (Lipinski definition) is 4. The lowest BCUT2D eigenvalue weighted by molar-refractivity contribution is -0.173. The zero-order valence-corrected chi connectivity index (χ0v) is 8.65. The Balaban J connectivity index is 2.65. The quantitative estimate of drug-likeness (QED) is 0.784. The van der Waals surface area contributed by atoms with Crippen molar-refractivity contribution in [1.29, 1.82) is 0 Å². The zero-order valence-electron chi connectivity index (χ0n) is 7.89. The summed E-state index contributed by atoms with van der Waals surface area (Å²) in [7, 11) is 0. The van der Waals surface area contributed by atoms with Crippen LogP contribution in [0.2, 0.25) is 5.15 Å². The van der Waals surface area contributed by atoms with E-state index in [0.29, 0.717) is 5.69 Å². The molecule has 0 aliphatic carbocycles. The summed E-state index contributed by atoms with van der Waals surface area (Å²) in [6, 6.07) is 0. The van der Waals surface area contributed by atoms with Crippen LogP contribution in [0.15, 0.2) is 6.20 Å². The third-order valence-corrected chi connectivity index (χ3v) is 1.67. The molecule has 1 amide bonds. The van der Waals surface area contributed by atoms with Gasteiger partial charge in [-0.15, -0.1) is 0 Å². The number of carbonyl (C=O) groups is 1. The molecule has 1 aromatic heterocycles. The average molecular weight is 255 g/mol. The predicted molar refractivity (Wildman–Crippen MR) is 49.6 cm³/mol. The van der Waals surface area contributed by atoms with Crippen LogP contribution in [0, 0.1) is 6.92 Å². The molecule has 1 rings (SSSR count). The van der Waals surface area contributed by atoms with Gasteiger partial charge in [-0.2, -0.15) is 13.2 Å². The molecule has 5 nitrogen and oxygen atoms in total. The van der Waals surface area contributed by atoms with Gasteiger partial charge in [-0.1, -0.05) is 11.6 Å². The maximum atomic E-state index is 11.8. The summed E-state index contributed by atoms with van der Waals surface area (Å²) in [6.45, 7) is 1.61. The number of halogens is 4. The maximum absolute atomic E-state index is 11.8. The SMILES string of the molecule is Cc1cnc(NNC(=O)C(F)(F)F)c(Cl)n1. The molecule has 0 atom stereocenters. The van der Waals surface area contributed by atoms with Crippen molar-refractivity contribution in [3.05, 3.63) is 17.0 Å². The van der Waals surface area contributed by atoms with Crippen molar-refractivity contribution in [1.82, 2.24) is 15.4 Å². The molecule has 1 aromatic rings. The molecule has 0 aliphatic rings.